The summed E-state index contributed by atoms with van der Waals surface area (Å²) in [5.74, 6) is -0.498. The molecular formula is C21H15F3N2OS. The van der Waals surface area contributed by atoms with Gasteiger partial charge in [0.05, 0.1) is 5.52 Å². The standard InChI is InChI=1S/C21H15F3N2OS/c22-21(23,24)28-14-10-8-13(9-11-14)12-26-17-6-2-1-4-15(17)19-16(20(25)27)5-3-7-18(19)26/h1-11H,12H2,(H2,25,27). The Labute approximate surface area is 162 Å². The molecule has 1 heterocycles. The maximum absolute atomic E-state index is 12.5. The number of primary amides is 1. The molecule has 28 heavy (non-hydrogen) atoms. The van der Waals surface area contributed by atoms with Crippen molar-refractivity contribution in [2.45, 2.75) is 16.9 Å². The van der Waals surface area contributed by atoms with E-state index in [1.165, 1.54) is 12.1 Å². The Hall–Kier alpha value is -2.93. The number of nitrogens with zero attached hydrogens (tertiary/aromatic N) is 1. The van der Waals surface area contributed by atoms with E-state index in [1.807, 2.05) is 34.9 Å². The van der Waals surface area contributed by atoms with Crippen LogP contribution in [0.3, 0.4) is 0 Å². The van der Waals surface area contributed by atoms with Crippen molar-refractivity contribution in [3.8, 4) is 0 Å². The first-order chi connectivity index (χ1) is 13.3. The molecule has 1 aromatic heterocycles. The maximum Gasteiger partial charge on any atom is 0.446 e. The molecule has 0 aliphatic heterocycles. The van der Waals surface area contributed by atoms with E-state index in [1.54, 1.807) is 24.3 Å². The Morgan fingerprint density at radius 1 is 0.929 bits per heavy atom. The van der Waals surface area contributed by atoms with Crippen molar-refractivity contribution in [1.29, 1.82) is 0 Å². The Balaban J connectivity index is 1.80. The van der Waals surface area contributed by atoms with Gasteiger partial charge in [0.2, 0.25) is 5.91 Å². The summed E-state index contributed by atoms with van der Waals surface area (Å²) < 4.78 is 39.6. The fourth-order valence-corrected chi connectivity index (χ4v) is 3.99. The molecule has 3 nitrogen and oxygen atoms in total. The van der Waals surface area contributed by atoms with Gasteiger partial charge in [-0.25, -0.2) is 0 Å². The number of hydrogen-bond acceptors (Lipinski definition) is 2. The van der Waals surface area contributed by atoms with Gasteiger partial charge >= 0.3 is 5.51 Å². The van der Waals surface area contributed by atoms with Crippen molar-refractivity contribution < 1.29 is 18.0 Å². The van der Waals surface area contributed by atoms with Crippen LogP contribution in [0.15, 0.2) is 71.6 Å². The highest BCUT2D eigenvalue weighted by atomic mass is 32.2. The zero-order valence-corrected chi connectivity index (χ0v) is 15.3. The van der Waals surface area contributed by atoms with Gasteiger partial charge in [0.25, 0.3) is 0 Å². The van der Waals surface area contributed by atoms with E-state index < -0.39 is 11.4 Å². The van der Waals surface area contributed by atoms with Gasteiger partial charge in [0, 0.05) is 33.3 Å². The summed E-state index contributed by atoms with van der Waals surface area (Å²) in [5, 5.41) is 1.70. The van der Waals surface area contributed by atoms with Gasteiger partial charge in [-0.1, -0.05) is 36.4 Å². The molecule has 0 atom stereocenters. The second kappa shape index (κ2) is 6.91. The summed E-state index contributed by atoms with van der Waals surface area (Å²) >= 11 is -0.130. The van der Waals surface area contributed by atoms with Crippen molar-refractivity contribution in [3.63, 3.8) is 0 Å². The van der Waals surface area contributed by atoms with Crippen LogP contribution in [0.25, 0.3) is 21.8 Å². The molecule has 0 aliphatic rings. The highest BCUT2D eigenvalue weighted by Gasteiger charge is 2.29. The van der Waals surface area contributed by atoms with E-state index in [2.05, 4.69) is 0 Å². The molecule has 4 rings (SSSR count). The number of amides is 1. The zero-order chi connectivity index (χ0) is 19.9. The number of carbonyl (C=O) groups excluding carboxylic acids is 1. The third kappa shape index (κ3) is 3.45. The van der Waals surface area contributed by atoms with E-state index in [-0.39, 0.29) is 16.7 Å². The largest absolute Gasteiger partial charge is 0.446 e. The summed E-state index contributed by atoms with van der Waals surface area (Å²) in [4.78, 5) is 12.0. The normalized spacial score (nSPS) is 12.0. The van der Waals surface area contributed by atoms with Gasteiger partial charge in [0.15, 0.2) is 0 Å². The minimum Gasteiger partial charge on any atom is -0.366 e. The van der Waals surface area contributed by atoms with Crippen LogP contribution < -0.4 is 5.73 Å². The monoisotopic (exact) mass is 400 g/mol. The molecule has 0 saturated heterocycles. The predicted molar refractivity (Wildman–Crippen MR) is 105 cm³/mol. The molecule has 4 aromatic rings. The first-order valence-electron chi connectivity index (χ1n) is 8.48. The maximum atomic E-state index is 12.5. The Kier molecular flexibility index (Phi) is 4.55. The van der Waals surface area contributed by atoms with Gasteiger partial charge in [-0.15, -0.1) is 0 Å². The molecule has 0 radical (unpaired) electrons. The van der Waals surface area contributed by atoms with E-state index in [0.717, 1.165) is 27.4 Å². The molecule has 0 unspecified atom stereocenters. The third-order valence-corrected chi connectivity index (χ3v) is 5.30. The second-order valence-electron chi connectivity index (χ2n) is 6.36. The van der Waals surface area contributed by atoms with Crippen LogP contribution in [-0.4, -0.2) is 16.0 Å². The number of para-hydroxylation sites is 1. The number of alkyl halides is 3. The molecular weight excluding hydrogens is 385 g/mol. The summed E-state index contributed by atoms with van der Waals surface area (Å²) in [6, 6.07) is 19.4. The molecule has 1 amide bonds. The van der Waals surface area contributed by atoms with Crippen molar-refractivity contribution in [2.75, 3.05) is 0 Å². The Bertz CT molecular complexity index is 1180. The lowest BCUT2D eigenvalue weighted by molar-refractivity contribution is -0.0328. The van der Waals surface area contributed by atoms with Crippen LogP contribution in [-0.2, 0) is 6.54 Å². The van der Waals surface area contributed by atoms with E-state index in [4.69, 9.17) is 5.73 Å². The van der Waals surface area contributed by atoms with Gasteiger partial charge in [-0.2, -0.15) is 13.2 Å². The molecule has 7 heteroatoms. The van der Waals surface area contributed by atoms with Crippen molar-refractivity contribution in [1.82, 2.24) is 4.57 Å². The van der Waals surface area contributed by atoms with Crippen LogP contribution in [0.5, 0.6) is 0 Å². The zero-order valence-electron chi connectivity index (χ0n) is 14.5. The lowest BCUT2D eigenvalue weighted by atomic mass is 10.1. The number of hydrogen-bond donors (Lipinski definition) is 1. The van der Waals surface area contributed by atoms with Crippen LogP contribution in [0, 0.1) is 0 Å². The molecule has 0 fully saturated rings. The smallest absolute Gasteiger partial charge is 0.366 e. The highest BCUT2D eigenvalue weighted by Crippen LogP contribution is 2.37. The topological polar surface area (TPSA) is 48.0 Å². The van der Waals surface area contributed by atoms with Gasteiger partial charge in [0.1, 0.15) is 0 Å². The molecule has 0 spiro atoms. The first kappa shape index (κ1) is 18.4. The molecule has 0 saturated carbocycles. The molecule has 0 aliphatic carbocycles. The minimum absolute atomic E-state index is 0.130. The Morgan fingerprint density at radius 3 is 2.29 bits per heavy atom. The van der Waals surface area contributed by atoms with Gasteiger partial charge in [-0.05, 0) is 47.7 Å². The number of nitrogens with two attached hydrogens (primary N) is 1. The summed E-state index contributed by atoms with van der Waals surface area (Å²) in [6.07, 6.45) is 0. The van der Waals surface area contributed by atoms with Crippen molar-refractivity contribution >= 4 is 39.5 Å². The van der Waals surface area contributed by atoms with Crippen LogP contribution in [0.1, 0.15) is 15.9 Å². The highest BCUT2D eigenvalue weighted by molar-refractivity contribution is 8.00. The SMILES string of the molecule is NC(=O)c1cccc2c1c1ccccc1n2Cc1ccc(SC(F)(F)F)cc1. The lowest BCUT2D eigenvalue weighted by Gasteiger charge is -2.10. The van der Waals surface area contributed by atoms with Crippen molar-refractivity contribution in [2.24, 2.45) is 5.73 Å². The fourth-order valence-electron chi connectivity index (χ4n) is 3.45. The number of thioether (sulfide) groups is 1. The Morgan fingerprint density at radius 2 is 1.61 bits per heavy atom. The van der Waals surface area contributed by atoms with Crippen LogP contribution in [0.2, 0.25) is 0 Å². The van der Waals surface area contributed by atoms with Gasteiger partial charge in [-0.3, -0.25) is 4.79 Å². The predicted octanol–water partition coefficient (Wildman–Crippen LogP) is 5.55. The third-order valence-electron chi connectivity index (χ3n) is 4.56. The van der Waals surface area contributed by atoms with Crippen LogP contribution in [0.4, 0.5) is 13.2 Å². The summed E-state index contributed by atoms with van der Waals surface area (Å²) in [7, 11) is 0. The summed E-state index contributed by atoms with van der Waals surface area (Å²) in [5.41, 5.74) is 4.34. The summed E-state index contributed by atoms with van der Waals surface area (Å²) in [6.45, 7) is 0.462. The molecule has 2 N–H and O–H groups in total. The quantitative estimate of drug-likeness (QED) is 0.456. The van der Waals surface area contributed by atoms with E-state index in [9.17, 15) is 18.0 Å². The van der Waals surface area contributed by atoms with Crippen LogP contribution >= 0.6 is 11.8 Å². The number of carbonyl (C=O) groups is 1. The number of aromatic nitrogens is 1. The van der Waals surface area contributed by atoms with Gasteiger partial charge < -0.3 is 10.3 Å². The minimum atomic E-state index is -4.31. The molecule has 142 valence electrons. The average Bonchev–Trinajstić information content (AvgIpc) is 2.96. The number of halogens is 3. The fraction of sp³-hybridized carbons (Fsp3) is 0.0952. The average molecular weight is 400 g/mol. The van der Waals surface area contributed by atoms with E-state index >= 15 is 0 Å². The number of fused-ring (bicyclic) bond motifs is 3. The number of rotatable bonds is 4. The second-order valence-corrected chi connectivity index (χ2v) is 7.50. The molecule has 0 bridgehead atoms. The van der Waals surface area contributed by atoms with Crippen molar-refractivity contribution in [3.05, 3.63) is 77.9 Å². The first-order valence-corrected chi connectivity index (χ1v) is 9.29. The lowest BCUT2D eigenvalue weighted by Crippen LogP contribution is -2.11. The molecule has 3 aromatic carbocycles. The van der Waals surface area contributed by atoms with E-state index in [0.29, 0.717) is 12.1 Å². The number of benzene rings is 3.